The van der Waals surface area contributed by atoms with Gasteiger partial charge in [0, 0.05) is 5.56 Å². The van der Waals surface area contributed by atoms with E-state index in [0.717, 1.165) is 39.9 Å². The van der Waals surface area contributed by atoms with E-state index in [9.17, 15) is 19.2 Å². The monoisotopic (exact) mass is 414 g/mol. The Morgan fingerprint density at radius 1 is 0.897 bits per heavy atom. The zero-order valence-corrected chi connectivity index (χ0v) is 15.8. The minimum Gasteiger partial charge on any atom is -0.469 e. The van der Waals surface area contributed by atoms with Gasteiger partial charge in [-0.1, -0.05) is 10.4 Å². The van der Waals surface area contributed by atoms with E-state index in [1.807, 2.05) is 0 Å². The molecule has 0 spiro atoms. The number of carbonyl (C=O) groups excluding carboxylic acids is 4. The molecule has 2 fully saturated rings. The summed E-state index contributed by atoms with van der Waals surface area (Å²) >= 11 is 0. The zero-order valence-electron chi connectivity index (χ0n) is 15.8. The Labute approximate surface area is 163 Å². The second-order valence-corrected chi connectivity index (χ2v) is 6.06. The van der Waals surface area contributed by atoms with E-state index < -0.39 is 54.0 Å². The fourth-order valence-electron chi connectivity index (χ4n) is 3.45. The van der Waals surface area contributed by atoms with E-state index in [1.165, 1.54) is 0 Å². The number of hydrogen-bond acceptors (Lipinski definition) is 13. The smallest absolute Gasteiger partial charge is 0.360 e. The Hall–Kier alpha value is -3.03. The summed E-state index contributed by atoms with van der Waals surface area (Å²) in [5, 5.41) is 4.44. The first-order valence-electron chi connectivity index (χ1n) is 8.28. The van der Waals surface area contributed by atoms with Gasteiger partial charge in [-0.25, -0.2) is 14.4 Å². The molecule has 0 aromatic carbocycles. The minimum absolute atomic E-state index is 0.0998. The van der Waals surface area contributed by atoms with Gasteiger partial charge in [0.15, 0.2) is 17.9 Å². The molecule has 0 amide bonds. The van der Waals surface area contributed by atoms with Crippen LogP contribution >= 0.6 is 0 Å². The van der Waals surface area contributed by atoms with Crippen molar-refractivity contribution in [2.45, 2.75) is 24.2 Å². The number of hydroxylamine groups is 2. The number of nitrogens with zero attached hydrogens (tertiary/aromatic N) is 2. The number of hydrogen-bond donors (Lipinski definition) is 0. The molecule has 0 N–H and O–H groups in total. The largest absolute Gasteiger partial charge is 0.469 e. The molecule has 2 saturated heterocycles. The van der Waals surface area contributed by atoms with Crippen molar-refractivity contribution in [1.29, 1.82) is 0 Å². The van der Waals surface area contributed by atoms with E-state index in [-0.39, 0.29) is 11.3 Å². The van der Waals surface area contributed by atoms with E-state index in [0.29, 0.717) is 0 Å². The number of carbonyl (C=O) groups is 4. The molecule has 13 heteroatoms. The summed E-state index contributed by atoms with van der Waals surface area (Å²) in [6.07, 6.45) is -1.63. The lowest BCUT2D eigenvalue weighted by Crippen LogP contribution is -2.42. The maximum absolute atomic E-state index is 12.5. The van der Waals surface area contributed by atoms with Gasteiger partial charge in [-0.3, -0.25) is 14.5 Å². The summed E-state index contributed by atoms with van der Waals surface area (Å²) in [4.78, 5) is 59.9. The molecule has 1 aromatic rings. The van der Waals surface area contributed by atoms with Crippen LogP contribution in [0.1, 0.15) is 22.0 Å². The molecule has 2 aliphatic heterocycles. The minimum atomic E-state index is -1.40. The van der Waals surface area contributed by atoms with Crippen LogP contribution in [0.3, 0.4) is 0 Å². The first-order valence-corrected chi connectivity index (χ1v) is 8.28. The Morgan fingerprint density at radius 3 is 2.07 bits per heavy atom. The number of aromatic nitrogens is 1. The fraction of sp³-hybridized carbons (Fsp3) is 0.562. The van der Waals surface area contributed by atoms with Crippen LogP contribution in [-0.4, -0.2) is 80.9 Å². The molecule has 3 rings (SSSR count). The maximum Gasteiger partial charge on any atom is 0.360 e. The van der Waals surface area contributed by atoms with Crippen LogP contribution in [0.5, 0.6) is 0 Å². The summed E-state index contributed by atoms with van der Waals surface area (Å²) < 4.78 is 23.8. The number of rotatable bonds is 5. The molecule has 0 unspecified atom stereocenters. The molecule has 1 aromatic heterocycles. The molecule has 158 valence electrons. The van der Waals surface area contributed by atoms with E-state index in [1.54, 1.807) is 0 Å². The van der Waals surface area contributed by atoms with Gasteiger partial charge in [-0.15, -0.1) is 0 Å². The predicted molar refractivity (Wildman–Crippen MR) is 85.5 cm³/mol. The number of fused-ring (bicyclic) bond motifs is 1. The van der Waals surface area contributed by atoms with Gasteiger partial charge in [0.2, 0.25) is 0 Å². The van der Waals surface area contributed by atoms with Gasteiger partial charge >= 0.3 is 23.9 Å². The van der Waals surface area contributed by atoms with Crippen molar-refractivity contribution < 1.29 is 52.3 Å². The van der Waals surface area contributed by atoms with Crippen molar-refractivity contribution >= 4 is 23.9 Å². The molecule has 13 nitrogen and oxygen atoms in total. The lowest BCUT2D eigenvalue weighted by molar-refractivity contribution is -0.350. The van der Waals surface area contributed by atoms with Gasteiger partial charge in [-0.05, 0) is 0 Å². The van der Waals surface area contributed by atoms with E-state index >= 15 is 0 Å². The summed E-state index contributed by atoms with van der Waals surface area (Å²) in [7, 11) is 4.52. The first-order chi connectivity index (χ1) is 13.9. The number of methoxy groups -OCH3 is 4. The quantitative estimate of drug-likeness (QED) is 0.427. The molecular formula is C16H18N2O11. The fourth-order valence-corrected chi connectivity index (χ4v) is 3.45. The lowest BCUT2D eigenvalue weighted by atomic mass is 9.79. The Kier molecular flexibility index (Phi) is 5.81. The second kappa shape index (κ2) is 8.14. The molecule has 0 aliphatic carbocycles. The number of esters is 4. The van der Waals surface area contributed by atoms with Crippen LogP contribution < -0.4 is 0 Å². The van der Waals surface area contributed by atoms with Gasteiger partial charge in [-0.2, -0.15) is 0 Å². The maximum atomic E-state index is 12.5. The average Bonchev–Trinajstić information content (AvgIpc) is 3.44. The SMILES string of the molecule is COC(=O)c1nocc1[C@H]1[C@H]2[C@@H](C(=O)OC)[C@@H](C(=O)OC)ON2O[C@H]1C(=O)OC. The highest BCUT2D eigenvalue weighted by atomic mass is 17.0. The van der Waals surface area contributed by atoms with Gasteiger partial charge in [0.1, 0.15) is 12.2 Å². The van der Waals surface area contributed by atoms with Crippen molar-refractivity contribution in [3.63, 3.8) is 0 Å². The zero-order chi connectivity index (χ0) is 21.3. The third-order valence-electron chi connectivity index (χ3n) is 4.74. The van der Waals surface area contributed by atoms with E-state index in [2.05, 4.69) is 14.6 Å². The molecular weight excluding hydrogens is 396 g/mol. The second-order valence-electron chi connectivity index (χ2n) is 6.06. The Balaban J connectivity index is 2.10. The number of ether oxygens (including phenoxy) is 4. The average molecular weight is 414 g/mol. The van der Waals surface area contributed by atoms with E-state index in [4.69, 9.17) is 23.7 Å². The van der Waals surface area contributed by atoms with Crippen molar-refractivity contribution in [3.05, 3.63) is 17.5 Å². The summed E-state index contributed by atoms with van der Waals surface area (Å²) in [5.74, 6) is -5.64. The molecule has 0 bridgehead atoms. The van der Waals surface area contributed by atoms with Crippen molar-refractivity contribution in [2.75, 3.05) is 28.4 Å². The van der Waals surface area contributed by atoms with Crippen LogP contribution in [-0.2, 0) is 43.0 Å². The molecule has 2 aliphatic rings. The van der Waals surface area contributed by atoms with Crippen LogP contribution in [0.2, 0.25) is 0 Å². The normalized spacial score (nSPS) is 28.5. The van der Waals surface area contributed by atoms with Gasteiger partial charge in [0.05, 0.1) is 40.4 Å². The Morgan fingerprint density at radius 2 is 1.48 bits per heavy atom. The Bertz CT molecular complexity index is 822. The third-order valence-corrected chi connectivity index (χ3v) is 4.74. The van der Waals surface area contributed by atoms with Crippen molar-refractivity contribution in [2.24, 2.45) is 5.92 Å². The summed E-state index contributed by atoms with van der Waals surface area (Å²) in [6.45, 7) is 0. The topological polar surface area (TPSA) is 153 Å². The molecule has 5 atom stereocenters. The van der Waals surface area contributed by atoms with Gasteiger partial charge < -0.3 is 23.5 Å². The highest BCUT2D eigenvalue weighted by Gasteiger charge is 2.64. The highest BCUT2D eigenvalue weighted by molar-refractivity contribution is 5.90. The molecule has 29 heavy (non-hydrogen) atoms. The summed E-state index contributed by atoms with van der Waals surface area (Å²) in [5.41, 5.74) is -0.134. The van der Waals surface area contributed by atoms with Crippen LogP contribution in [0.15, 0.2) is 10.8 Å². The molecule has 0 radical (unpaired) electrons. The molecule has 0 saturated carbocycles. The summed E-state index contributed by atoms with van der Waals surface area (Å²) in [6, 6.07) is -1.07. The predicted octanol–water partition coefficient (Wildman–Crippen LogP) is -1.02. The third kappa shape index (κ3) is 3.32. The van der Waals surface area contributed by atoms with Crippen LogP contribution in [0.4, 0.5) is 0 Å². The standard InChI is InChI=1S/C16H18N2O11/c1-23-13(19)8-10-7(6-5-27-17-9(6)14(20)24-2)11(15(21)25-3)28-18(10)29-12(8)16(22)26-4/h5,7-8,10-12H,1-4H3/t7-,8+,10-,11+,12-/m0/s1. The van der Waals surface area contributed by atoms with Gasteiger partial charge in [0.25, 0.3) is 0 Å². The molecule has 3 heterocycles. The van der Waals surface area contributed by atoms with Crippen molar-refractivity contribution in [3.8, 4) is 0 Å². The highest BCUT2D eigenvalue weighted by Crippen LogP contribution is 2.47. The first kappa shape index (κ1) is 20.7. The van der Waals surface area contributed by atoms with Crippen molar-refractivity contribution in [1.82, 2.24) is 10.4 Å². The lowest BCUT2D eigenvalue weighted by Gasteiger charge is -2.23. The van der Waals surface area contributed by atoms with Crippen LogP contribution in [0.25, 0.3) is 0 Å². The van der Waals surface area contributed by atoms with Crippen LogP contribution in [0, 0.1) is 5.92 Å².